The molecule has 3 aromatic rings. The summed E-state index contributed by atoms with van der Waals surface area (Å²) in [6.45, 7) is 7.34. The van der Waals surface area contributed by atoms with Crippen LogP contribution in [0.2, 0.25) is 0 Å². The monoisotopic (exact) mass is 416 g/mol. The van der Waals surface area contributed by atoms with Gasteiger partial charge in [-0.25, -0.2) is 4.98 Å². The molecule has 3 aliphatic heterocycles. The number of rotatable bonds is 3. The van der Waals surface area contributed by atoms with E-state index in [9.17, 15) is 0 Å². The molecule has 0 spiro atoms. The van der Waals surface area contributed by atoms with Gasteiger partial charge >= 0.3 is 0 Å². The Kier molecular flexibility index (Phi) is 5.05. The van der Waals surface area contributed by atoms with Crippen LogP contribution in [0.15, 0.2) is 30.6 Å². The number of nitrogens with one attached hydrogen (secondary N) is 2. The van der Waals surface area contributed by atoms with Crippen LogP contribution in [-0.4, -0.2) is 47.2 Å². The number of aromatic amines is 1. The molecule has 0 amide bonds. The van der Waals surface area contributed by atoms with Crippen molar-refractivity contribution in [3.63, 3.8) is 0 Å². The topological polar surface area (TPSA) is 53.2 Å². The Morgan fingerprint density at radius 1 is 1.10 bits per heavy atom. The largest absolute Gasteiger partial charge is 0.381 e. The molecule has 5 heteroatoms. The zero-order chi connectivity index (χ0) is 20.8. The molecular formula is C26H32N4O. The Morgan fingerprint density at radius 2 is 2.00 bits per heavy atom. The lowest BCUT2D eigenvalue weighted by Gasteiger charge is -2.38. The number of hydrogen-bond acceptors (Lipinski definition) is 4. The number of pyridine rings is 1. The second kappa shape index (κ2) is 8.05. The molecule has 31 heavy (non-hydrogen) atoms. The van der Waals surface area contributed by atoms with Crippen LogP contribution in [0.25, 0.3) is 22.2 Å². The third kappa shape index (κ3) is 3.59. The van der Waals surface area contributed by atoms with Crippen molar-refractivity contribution in [2.24, 2.45) is 0 Å². The summed E-state index contributed by atoms with van der Waals surface area (Å²) in [4.78, 5) is 10.7. The lowest BCUT2D eigenvalue weighted by Crippen LogP contribution is -2.42. The van der Waals surface area contributed by atoms with Crippen LogP contribution in [-0.2, 0) is 17.7 Å². The van der Waals surface area contributed by atoms with Crippen LogP contribution in [0.5, 0.6) is 0 Å². The summed E-state index contributed by atoms with van der Waals surface area (Å²) < 4.78 is 5.62. The average Bonchev–Trinajstić information content (AvgIpc) is 3.49. The number of benzene rings is 1. The van der Waals surface area contributed by atoms with E-state index < -0.39 is 0 Å². The third-order valence-electron chi connectivity index (χ3n) is 7.61. The first kappa shape index (κ1) is 19.5. The molecule has 6 rings (SSSR count). The molecular weight excluding hydrogens is 384 g/mol. The molecule has 2 N–H and O–H groups in total. The van der Waals surface area contributed by atoms with Gasteiger partial charge in [-0.3, -0.25) is 4.90 Å². The van der Waals surface area contributed by atoms with E-state index in [1.807, 2.05) is 12.4 Å². The predicted molar refractivity (Wildman–Crippen MR) is 124 cm³/mol. The van der Waals surface area contributed by atoms with Crippen molar-refractivity contribution < 1.29 is 4.74 Å². The highest BCUT2D eigenvalue weighted by atomic mass is 16.5. The second-order valence-corrected chi connectivity index (χ2v) is 9.51. The number of ether oxygens (including phenoxy) is 1. The molecule has 1 unspecified atom stereocenters. The Hall–Kier alpha value is -2.21. The first-order valence-corrected chi connectivity index (χ1v) is 11.9. The highest BCUT2D eigenvalue weighted by Crippen LogP contribution is 2.37. The molecule has 162 valence electrons. The Bertz CT molecular complexity index is 1090. The smallest absolute Gasteiger partial charge is 0.137 e. The van der Waals surface area contributed by atoms with Crippen molar-refractivity contribution in [1.82, 2.24) is 20.2 Å². The van der Waals surface area contributed by atoms with Crippen molar-refractivity contribution in [1.29, 1.82) is 0 Å². The molecule has 5 nitrogen and oxygen atoms in total. The van der Waals surface area contributed by atoms with Gasteiger partial charge in [0.1, 0.15) is 5.65 Å². The van der Waals surface area contributed by atoms with Crippen LogP contribution in [0.4, 0.5) is 0 Å². The molecule has 5 heterocycles. The van der Waals surface area contributed by atoms with Crippen molar-refractivity contribution in [2.45, 2.75) is 57.7 Å². The number of nitrogens with zero attached hydrogens (tertiary/aromatic N) is 2. The fourth-order valence-corrected chi connectivity index (χ4v) is 5.84. The van der Waals surface area contributed by atoms with E-state index in [0.29, 0.717) is 12.1 Å². The van der Waals surface area contributed by atoms with Crippen LogP contribution in [0.1, 0.15) is 54.0 Å². The average molecular weight is 417 g/mol. The van der Waals surface area contributed by atoms with E-state index in [-0.39, 0.29) is 0 Å². The molecule has 1 aromatic carbocycles. The SMILES string of the molecule is Cc1c[nH]c2ncc(-c3cc4c(c(C5CCCN5)c3)CCN(C3CCOCC3)C4)cc12. The van der Waals surface area contributed by atoms with Gasteiger partial charge in [-0.15, -0.1) is 0 Å². The summed E-state index contributed by atoms with van der Waals surface area (Å²) in [5, 5.41) is 4.98. The zero-order valence-corrected chi connectivity index (χ0v) is 18.4. The van der Waals surface area contributed by atoms with Gasteiger partial charge < -0.3 is 15.0 Å². The molecule has 0 saturated carbocycles. The summed E-state index contributed by atoms with van der Waals surface area (Å²) in [6.07, 6.45) is 10.1. The van der Waals surface area contributed by atoms with Gasteiger partial charge in [-0.2, -0.15) is 0 Å². The molecule has 3 aliphatic rings. The van der Waals surface area contributed by atoms with Crippen LogP contribution < -0.4 is 5.32 Å². The Labute approximate surface area is 184 Å². The number of fused-ring (bicyclic) bond motifs is 2. The van der Waals surface area contributed by atoms with Crippen LogP contribution in [0, 0.1) is 6.92 Å². The number of hydrogen-bond donors (Lipinski definition) is 2. The normalized spacial score (nSPS) is 22.8. The number of aromatic nitrogens is 2. The van der Waals surface area contributed by atoms with E-state index in [0.717, 1.165) is 38.4 Å². The van der Waals surface area contributed by atoms with Gasteiger partial charge in [0, 0.05) is 61.7 Å². The molecule has 0 radical (unpaired) electrons. The van der Waals surface area contributed by atoms with E-state index in [2.05, 4.69) is 40.3 Å². The molecule has 1 atom stereocenters. The van der Waals surface area contributed by atoms with Gasteiger partial charge in [0.2, 0.25) is 0 Å². The minimum Gasteiger partial charge on any atom is -0.381 e. The molecule has 2 aromatic heterocycles. The van der Waals surface area contributed by atoms with Crippen molar-refractivity contribution in [3.05, 3.63) is 52.8 Å². The molecule has 2 fully saturated rings. The minimum atomic E-state index is 0.494. The quantitative estimate of drug-likeness (QED) is 0.660. The van der Waals surface area contributed by atoms with Crippen molar-refractivity contribution in [2.75, 3.05) is 26.3 Å². The molecule has 0 bridgehead atoms. The van der Waals surface area contributed by atoms with E-state index in [1.54, 1.807) is 5.56 Å². The van der Waals surface area contributed by atoms with Crippen LogP contribution in [0.3, 0.4) is 0 Å². The lowest BCUT2D eigenvalue weighted by atomic mass is 9.86. The maximum absolute atomic E-state index is 5.62. The Morgan fingerprint density at radius 3 is 2.84 bits per heavy atom. The first-order chi connectivity index (χ1) is 15.3. The number of H-pyrrole nitrogens is 1. The summed E-state index contributed by atoms with van der Waals surface area (Å²) in [5.41, 5.74) is 9.41. The summed E-state index contributed by atoms with van der Waals surface area (Å²) in [7, 11) is 0. The van der Waals surface area contributed by atoms with Crippen molar-refractivity contribution >= 4 is 11.0 Å². The summed E-state index contributed by atoms with van der Waals surface area (Å²) >= 11 is 0. The third-order valence-corrected chi connectivity index (χ3v) is 7.61. The predicted octanol–water partition coefficient (Wildman–Crippen LogP) is 4.50. The minimum absolute atomic E-state index is 0.494. The number of aryl methyl sites for hydroxylation is 1. The van der Waals surface area contributed by atoms with Gasteiger partial charge in [0.05, 0.1) is 0 Å². The maximum atomic E-state index is 5.62. The second-order valence-electron chi connectivity index (χ2n) is 9.51. The van der Waals surface area contributed by atoms with E-state index in [4.69, 9.17) is 9.72 Å². The van der Waals surface area contributed by atoms with Gasteiger partial charge in [-0.1, -0.05) is 0 Å². The summed E-state index contributed by atoms with van der Waals surface area (Å²) in [6, 6.07) is 8.37. The van der Waals surface area contributed by atoms with Gasteiger partial charge in [0.15, 0.2) is 0 Å². The first-order valence-electron chi connectivity index (χ1n) is 11.9. The lowest BCUT2D eigenvalue weighted by molar-refractivity contribution is 0.0290. The highest BCUT2D eigenvalue weighted by molar-refractivity contribution is 5.84. The van der Waals surface area contributed by atoms with Crippen molar-refractivity contribution in [3.8, 4) is 11.1 Å². The fraction of sp³-hybridized carbons (Fsp3) is 0.500. The highest BCUT2D eigenvalue weighted by Gasteiger charge is 2.29. The fourth-order valence-electron chi connectivity index (χ4n) is 5.84. The van der Waals surface area contributed by atoms with Gasteiger partial charge in [0.25, 0.3) is 0 Å². The zero-order valence-electron chi connectivity index (χ0n) is 18.4. The van der Waals surface area contributed by atoms with Crippen LogP contribution >= 0.6 is 0 Å². The Balaban J connectivity index is 1.41. The summed E-state index contributed by atoms with van der Waals surface area (Å²) in [5.74, 6) is 0. The van der Waals surface area contributed by atoms with Gasteiger partial charge in [-0.05, 0) is 91.6 Å². The standard InChI is InChI=1S/C26H32N4O/c1-17-14-28-26-23(17)13-19(15-29-26)18-11-20-16-30(21-5-9-31-10-6-21)8-4-22(20)24(12-18)25-3-2-7-27-25/h11-15,21,25,27H,2-10,16H2,1H3,(H,28,29). The molecule has 2 saturated heterocycles. The molecule has 0 aliphatic carbocycles. The van der Waals surface area contributed by atoms with E-state index >= 15 is 0 Å². The van der Waals surface area contributed by atoms with E-state index in [1.165, 1.54) is 65.4 Å². The maximum Gasteiger partial charge on any atom is 0.137 e.